The molecule has 0 aromatic heterocycles. The second-order valence-corrected chi connectivity index (χ2v) is 18.7. The SMILES string of the molecule is CC1(C)C2=CCCC=C2C2=CC=C(N(C3=CCC(c4cccc(N5C6=C(C7=CCCCC7C=C6)C6C=CCCC65)c4)C=C3)c3ccccc3C3C=CCCC3)CC21. The molecule has 0 amide bonds. The van der Waals surface area contributed by atoms with Gasteiger partial charge >= 0.3 is 0 Å². The molecule has 0 bridgehead atoms. The molecule has 9 aliphatic rings. The summed E-state index contributed by atoms with van der Waals surface area (Å²) in [7, 11) is 0. The van der Waals surface area contributed by atoms with E-state index >= 15 is 0 Å². The lowest BCUT2D eigenvalue weighted by molar-refractivity contribution is 0.335. The molecule has 1 aliphatic heterocycles. The first kappa shape index (κ1) is 35.4. The molecule has 57 heavy (non-hydrogen) atoms. The molecule has 11 rings (SSSR count). The summed E-state index contributed by atoms with van der Waals surface area (Å²) in [5.74, 6) is 2.39. The third kappa shape index (κ3) is 5.87. The van der Waals surface area contributed by atoms with Crippen molar-refractivity contribution in [1.29, 1.82) is 0 Å². The van der Waals surface area contributed by atoms with Gasteiger partial charge in [-0.3, -0.25) is 0 Å². The van der Waals surface area contributed by atoms with Gasteiger partial charge in [-0.25, -0.2) is 0 Å². The van der Waals surface area contributed by atoms with Crippen molar-refractivity contribution in [3.8, 4) is 0 Å². The van der Waals surface area contributed by atoms with Crippen LogP contribution in [0.5, 0.6) is 0 Å². The maximum Gasteiger partial charge on any atom is 0.0496 e. The van der Waals surface area contributed by atoms with E-state index in [2.05, 4.69) is 157 Å². The van der Waals surface area contributed by atoms with E-state index in [0.717, 1.165) is 19.3 Å². The topological polar surface area (TPSA) is 6.48 Å². The highest BCUT2D eigenvalue weighted by Crippen LogP contribution is 2.59. The molecule has 8 aliphatic carbocycles. The minimum Gasteiger partial charge on any atom is -0.337 e. The summed E-state index contributed by atoms with van der Waals surface area (Å²) in [5, 5.41) is 0. The van der Waals surface area contributed by atoms with Crippen LogP contribution in [-0.4, -0.2) is 6.04 Å². The summed E-state index contributed by atoms with van der Waals surface area (Å²) >= 11 is 0. The van der Waals surface area contributed by atoms with Crippen LogP contribution in [0, 0.1) is 23.2 Å². The maximum atomic E-state index is 2.73. The Balaban J connectivity index is 0.930. The zero-order valence-electron chi connectivity index (χ0n) is 34.0. The van der Waals surface area contributed by atoms with Gasteiger partial charge in [0.1, 0.15) is 0 Å². The van der Waals surface area contributed by atoms with E-state index < -0.39 is 0 Å². The molecule has 1 saturated carbocycles. The standard InChI is InChI=1S/C55H58N2/c1-55(2)49-24-11-8-22-46(49)47-33-32-43(36-50(47)55)56(51-25-12-9-20-44(51)38-15-4-3-5-16-38)41-30-27-37(28-31-41)40-18-14-19-42(35-40)57-52-26-13-10-23-48(52)54-45-21-7-6-17-39(45)29-34-53(54)57/h4,9-10,12,14-15,18-25,27,29-35,37-39,48,50,52H,3,5-8,11,13,16-17,26,28,36H2,1-2H3. The summed E-state index contributed by atoms with van der Waals surface area (Å²) in [6.07, 6.45) is 49.3. The number of fused-ring (bicyclic) bond motifs is 7. The number of anilines is 2. The van der Waals surface area contributed by atoms with Gasteiger partial charge in [-0.1, -0.05) is 111 Å². The summed E-state index contributed by atoms with van der Waals surface area (Å²) < 4.78 is 0. The van der Waals surface area contributed by atoms with Crippen LogP contribution in [0.25, 0.3) is 0 Å². The Morgan fingerprint density at radius 2 is 1.56 bits per heavy atom. The molecular weight excluding hydrogens is 689 g/mol. The van der Waals surface area contributed by atoms with Crippen molar-refractivity contribution >= 4 is 11.4 Å². The lowest BCUT2D eigenvalue weighted by atomic mass is 9.74. The van der Waals surface area contributed by atoms with Crippen LogP contribution in [0.4, 0.5) is 11.4 Å². The Kier molecular flexibility index (Phi) is 8.82. The third-order valence-electron chi connectivity index (χ3n) is 15.2. The van der Waals surface area contributed by atoms with Gasteiger partial charge in [0.05, 0.1) is 0 Å². The molecular formula is C55H58N2. The number of hydrogen-bond acceptors (Lipinski definition) is 2. The van der Waals surface area contributed by atoms with E-state index in [0.29, 0.717) is 35.6 Å². The van der Waals surface area contributed by atoms with Crippen molar-refractivity contribution < 1.29 is 0 Å². The Bertz CT molecular complexity index is 2340. The Morgan fingerprint density at radius 1 is 0.702 bits per heavy atom. The molecule has 6 unspecified atom stereocenters. The minimum atomic E-state index is 0.129. The van der Waals surface area contributed by atoms with Crippen LogP contribution in [0.2, 0.25) is 0 Å². The zero-order valence-corrected chi connectivity index (χ0v) is 34.0. The molecule has 1 fully saturated rings. The van der Waals surface area contributed by atoms with E-state index in [-0.39, 0.29) is 5.41 Å². The first-order valence-electron chi connectivity index (χ1n) is 22.5. The van der Waals surface area contributed by atoms with Crippen LogP contribution in [0.1, 0.15) is 114 Å². The molecule has 2 nitrogen and oxygen atoms in total. The van der Waals surface area contributed by atoms with E-state index in [1.165, 1.54) is 103 Å². The molecule has 0 N–H and O–H groups in total. The van der Waals surface area contributed by atoms with Crippen LogP contribution >= 0.6 is 0 Å². The van der Waals surface area contributed by atoms with Gasteiger partial charge < -0.3 is 9.80 Å². The van der Waals surface area contributed by atoms with Gasteiger partial charge in [0.15, 0.2) is 0 Å². The van der Waals surface area contributed by atoms with Gasteiger partial charge in [0, 0.05) is 58.2 Å². The maximum absolute atomic E-state index is 2.73. The number of hydrogen-bond donors (Lipinski definition) is 0. The highest BCUT2D eigenvalue weighted by atomic mass is 15.2. The van der Waals surface area contributed by atoms with Gasteiger partial charge in [0.2, 0.25) is 0 Å². The molecule has 2 heteroatoms. The lowest BCUT2D eigenvalue weighted by Crippen LogP contribution is -2.34. The Morgan fingerprint density at radius 3 is 2.46 bits per heavy atom. The normalized spacial score (nSPS) is 30.5. The van der Waals surface area contributed by atoms with Crippen LogP contribution in [0.3, 0.4) is 0 Å². The van der Waals surface area contributed by atoms with E-state index in [1.807, 2.05) is 0 Å². The largest absolute Gasteiger partial charge is 0.337 e. The van der Waals surface area contributed by atoms with E-state index in [4.69, 9.17) is 0 Å². The molecule has 2 aromatic rings. The molecule has 0 saturated heterocycles. The molecule has 0 spiro atoms. The molecule has 0 radical (unpaired) electrons. The third-order valence-corrected chi connectivity index (χ3v) is 15.2. The molecule has 1 heterocycles. The van der Waals surface area contributed by atoms with Crippen molar-refractivity contribution in [3.05, 3.63) is 190 Å². The predicted octanol–water partition coefficient (Wildman–Crippen LogP) is 14.2. The Hall–Kier alpha value is -4.82. The van der Waals surface area contributed by atoms with Crippen molar-refractivity contribution in [2.45, 2.75) is 109 Å². The minimum absolute atomic E-state index is 0.129. The molecule has 288 valence electrons. The van der Waals surface area contributed by atoms with E-state index in [1.54, 1.807) is 22.3 Å². The average molecular weight is 747 g/mol. The summed E-state index contributed by atoms with van der Waals surface area (Å²) in [6.45, 7) is 4.99. The number of benzene rings is 2. The summed E-state index contributed by atoms with van der Waals surface area (Å²) in [6, 6.07) is 19.4. The fraction of sp³-hybridized carbons (Fsp3) is 0.382. The fourth-order valence-electron chi connectivity index (χ4n) is 12.3. The quantitative estimate of drug-likeness (QED) is 0.272. The molecule has 6 atom stereocenters. The van der Waals surface area contributed by atoms with Gasteiger partial charge in [-0.05, 0) is 164 Å². The summed E-state index contributed by atoms with van der Waals surface area (Å²) in [5.41, 5.74) is 17.8. The van der Waals surface area contributed by atoms with Crippen molar-refractivity contribution in [1.82, 2.24) is 0 Å². The van der Waals surface area contributed by atoms with Gasteiger partial charge in [0.25, 0.3) is 0 Å². The number of para-hydroxylation sites is 1. The van der Waals surface area contributed by atoms with Crippen LogP contribution in [-0.2, 0) is 0 Å². The number of allylic oxidation sites excluding steroid dienone is 18. The second-order valence-electron chi connectivity index (χ2n) is 18.7. The van der Waals surface area contributed by atoms with Gasteiger partial charge in [-0.2, -0.15) is 0 Å². The monoisotopic (exact) mass is 746 g/mol. The van der Waals surface area contributed by atoms with Crippen LogP contribution in [0.15, 0.2) is 179 Å². The van der Waals surface area contributed by atoms with Crippen molar-refractivity contribution in [3.63, 3.8) is 0 Å². The highest BCUT2D eigenvalue weighted by Gasteiger charge is 2.47. The fourth-order valence-corrected chi connectivity index (χ4v) is 12.3. The summed E-state index contributed by atoms with van der Waals surface area (Å²) in [4.78, 5) is 5.39. The number of nitrogens with zero attached hydrogens (tertiary/aromatic N) is 2. The first-order chi connectivity index (χ1) is 28.0. The smallest absolute Gasteiger partial charge is 0.0496 e. The predicted molar refractivity (Wildman–Crippen MR) is 239 cm³/mol. The van der Waals surface area contributed by atoms with Crippen molar-refractivity contribution in [2.75, 3.05) is 9.80 Å². The van der Waals surface area contributed by atoms with Crippen LogP contribution < -0.4 is 9.80 Å². The zero-order chi connectivity index (χ0) is 38.1. The highest BCUT2D eigenvalue weighted by molar-refractivity contribution is 5.71. The lowest BCUT2D eigenvalue weighted by Gasteiger charge is -2.38. The van der Waals surface area contributed by atoms with Crippen molar-refractivity contribution in [2.24, 2.45) is 23.2 Å². The van der Waals surface area contributed by atoms with E-state index in [9.17, 15) is 0 Å². The van der Waals surface area contributed by atoms with Gasteiger partial charge in [-0.15, -0.1) is 0 Å². The Labute approximate surface area is 341 Å². The number of rotatable bonds is 6. The average Bonchev–Trinajstić information content (AvgIpc) is 3.73. The second kappa shape index (κ2) is 14.2. The molecule has 2 aromatic carbocycles. The first-order valence-corrected chi connectivity index (χ1v) is 22.5.